The van der Waals surface area contributed by atoms with Gasteiger partial charge >= 0.3 is 5.97 Å². The molecule has 0 bridgehead atoms. The summed E-state index contributed by atoms with van der Waals surface area (Å²) in [4.78, 5) is 25.2. The quantitative estimate of drug-likeness (QED) is 0.906. The van der Waals surface area contributed by atoms with Crippen LogP contribution in [0.2, 0.25) is 0 Å². The van der Waals surface area contributed by atoms with Gasteiger partial charge in [-0.3, -0.25) is 4.79 Å². The summed E-state index contributed by atoms with van der Waals surface area (Å²) in [5.74, 6) is -1.32. The Labute approximate surface area is 125 Å². The van der Waals surface area contributed by atoms with E-state index in [1.165, 1.54) is 4.90 Å². The van der Waals surface area contributed by atoms with Crippen LogP contribution in [0.15, 0.2) is 16.7 Å². The predicted octanol–water partition coefficient (Wildman–Crippen LogP) is 1.76. The molecule has 1 aliphatic rings. The van der Waals surface area contributed by atoms with E-state index in [9.17, 15) is 14.7 Å². The Hall–Kier alpha value is -1.34. The Bertz CT molecular complexity index is 526. The fraction of sp³-hybridized carbons (Fsp3) is 0.538. The molecule has 1 fully saturated rings. The van der Waals surface area contributed by atoms with Crippen LogP contribution in [0.3, 0.4) is 0 Å². The Kier molecular flexibility index (Phi) is 4.49. The van der Waals surface area contributed by atoms with Crippen molar-refractivity contribution in [3.63, 3.8) is 0 Å². The average molecular weight is 345 g/mol. The first-order valence-electron chi connectivity index (χ1n) is 6.40. The van der Waals surface area contributed by atoms with E-state index in [0.717, 1.165) is 4.47 Å². The van der Waals surface area contributed by atoms with Gasteiger partial charge in [0.25, 0.3) is 5.91 Å². The molecule has 1 unspecified atom stereocenters. The zero-order chi connectivity index (χ0) is 14.9. The highest BCUT2D eigenvalue weighted by Gasteiger charge is 2.34. The van der Waals surface area contributed by atoms with E-state index in [1.807, 2.05) is 24.6 Å². The van der Waals surface area contributed by atoms with E-state index < -0.39 is 12.0 Å². The Morgan fingerprint density at radius 3 is 2.80 bits per heavy atom. The first-order chi connectivity index (χ1) is 9.41. The highest BCUT2D eigenvalue weighted by molar-refractivity contribution is 9.10. The van der Waals surface area contributed by atoms with Crippen molar-refractivity contribution in [3.05, 3.63) is 22.4 Å². The lowest BCUT2D eigenvalue weighted by Gasteiger charge is -2.33. The number of nitrogens with zero attached hydrogens (tertiary/aromatic N) is 2. The predicted molar refractivity (Wildman–Crippen MR) is 75.8 cm³/mol. The molecule has 0 aromatic carbocycles. The second kappa shape index (κ2) is 5.97. The average Bonchev–Trinajstić information content (AvgIpc) is 2.80. The van der Waals surface area contributed by atoms with Crippen LogP contribution in [0.25, 0.3) is 0 Å². The van der Waals surface area contributed by atoms with Gasteiger partial charge in [0.05, 0.1) is 13.2 Å². The minimum Gasteiger partial charge on any atom is -0.480 e. The summed E-state index contributed by atoms with van der Waals surface area (Å²) in [5, 5.41) is 9.20. The number of ether oxygens (including phenoxy) is 1. The maximum atomic E-state index is 12.6. The standard InChI is InChI=1S/C13H17BrN2O4/c1-8(2)16-6-9(14)5-10(16)12(17)15-3-4-20-7-11(15)13(18)19/h5-6,8,11H,3-4,7H2,1-2H3,(H,18,19). The third kappa shape index (κ3) is 2.88. The number of carboxylic acid groups (broad SMARTS) is 1. The molecular weight excluding hydrogens is 328 g/mol. The van der Waals surface area contributed by atoms with Gasteiger partial charge in [-0.15, -0.1) is 0 Å². The third-order valence-corrected chi connectivity index (χ3v) is 3.70. The van der Waals surface area contributed by atoms with E-state index >= 15 is 0 Å². The Morgan fingerprint density at radius 1 is 1.50 bits per heavy atom. The van der Waals surface area contributed by atoms with Gasteiger partial charge in [-0.1, -0.05) is 0 Å². The maximum absolute atomic E-state index is 12.6. The van der Waals surface area contributed by atoms with Gasteiger partial charge in [-0.05, 0) is 35.8 Å². The minimum absolute atomic E-state index is 0.0324. The number of carbonyl (C=O) groups is 2. The Morgan fingerprint density at radius 2 is 2.20 bits per heavy atom. The summed E-state index contributed by atoms with van der Waals surface area (Å²) in [6.45, 7) is 4.62. The van der Waals surface area contributed by atoms with E-state index in [2.05, 4.69) is 15.9 Å². The van der Waals surface area contributed by atoms with Crippen molar-refractivity contribution >= 4 is 27.8 Å². The molecule has 0 aliphatic carbocycles. The summed E-state index contributed by atoms with van der Waals surface area (Å²) < 4.78 is 7.79. The molecular formula is C13H17BrN2O4. The van der Waals surface area contributed by atoms with Crippen molar-refractivity contribution in [1.29, 1.82) is 0 Å². The molecule has 1 amide bonds. The van der Waals surface area contributed by atoms with Crippen LogP contribution in [-0.4, -0.2) is 52.3 Å². The summed E-state index contributed by atoms with van der Waals surface area (Å²) in [6, 6.07) is 0.909. The summed E-state index contributed by atoms with van der Waals surface area (Å²) >= 11 is 3.36. The number of carboxylic acids is 1. The molecule has 2 heterocycles. The number of amides is 1. The number of morpholine rings is 1. The third-order valence-electron chi connectivity index (χ3n) is 3.27. The molecule has 1 aromatic rings. The molecule has 1 atom stereocenters. The molecule has 1 N–H and O–H groups in total. The van der Waals surface area contributed by atoms with Crippen LogP contribution in [0, 0.1) is 0 Å². The normalized spacial score (nSPS) is 19.4. The molecule has 7 heteroatoms. The molecule has 1 aromatic heterocycles. The lowest BCUT2D eigenvalue weighted by Crippen LogP contribution is -2.53. The van der Waals surface area contributed by atoms with E-state index in [1.54, 1.807) is 6.07 Å². The van der Waals surface area contributed by atoms with Gasteiger partial charge in [0.1, 0.15) is 5.69 Å². The second-order valence-corrected chi connectivity index (χ2v) is 5.89. The van der Waals surface area contributed by atoms with Crippen LogP contribution in [-0.2, 0) is 9.53 Å². The molecule has 6 nitrogen and oxygen atoms in total. The van der Waals surface area contributed by atoms with Gasteiger partial charge in [0.2, 0.25) is 0 Å². The summed E-state index contributed by atoms with van der Waals surface area (Å²) in [7, 11) is 0. The van der Waals surface area contributed by atoms with Crippen LogP contribution in [0.1, 0.15) is 30.4 Å². The van der Waals surface area contributed by atoms with Gasteiger partial charge < -0.3 is 19.3 Å². The smallest absolute Gasteiger partial charge is 0.328 e. The number of hydrogen-bond acceptors (Lipinski definition) is 3. The SMILES string of the molecule is CC(C)n1cc(Br)cc1C(=O)N1CCOCC1C(=O)O. The number of halogens is 1. The molecule has 0 radical (unpaired) electrons. The van der Waals surface area contributed by atoms with Crippen LogP contribution in [0.4, 0.5) is 0 Å². The molecule has 2 rings (SSSR count). The molecule has 0 saturated carbocycles. The summed E-state index contributed by atoms with van der Waals surface area (Å²) in [5.41, 5.74) is 0.486. The van der Waals surface area contributed by atoms with Crippen LogP contribution >= 0.6 is 15.9 Å². The summed E-state index contributed by atoms with van der Waals surface area (Å²) in [6.07, 6.45) is 1.83. The van der Waals surface area contributed by atoms with Gasteiger partial charge in [-0.2, -0.15) is 0 Å². The number of aliphatic carboxylic acids is 1. The van der Waals surface area contributed by atoms with Crippen LogP contribution in [0.5, 0.6) is 0 Å². The van der Waals surface area contributed by atoms with Gasteiger partial charge in [-0.25, -0.2) is 4.79 Å². The zero-order valence-corrected chi connectivity index (χ0v) is 13.0. The highest BCUT2D eigenvalue weighted by Crippen LogP contribution is 2.22. The van der Waals surface area contributed by atoms with Gasteiger partial charge in [0, 0.05) is 23.3 Å². The van der Waals surface area contributed by atoms with Crippen LogP contribution < -0.4 is 0 Å². The molecule has 0 spiro atoms. The van der Waals surface area contributed by atoms with E-state index in [4.69, 9.17) is 4.74 Å². The van der Waals surface area contributed by atoms with E-state index in [-0.39, 0.29) is 25.1 Å². The molecule has 1 saturated heterocycles. The fourth-order valence-electron chi connectivity index (χ4n) is 2.24. The monoisotopic (exact) mass is 344 g/mol. The zero-order valence-electron chi connectivity index (χ0n) is 11.4. The minimum atomic E-state index is -1.04. The largest absolute Gasteiger partial charge is 0.480 e. The first kappa shape index (κ1) is 15.1. The Balaban J connectivity index is 2.32. The highest BCUT2D eigenvalue weighted by atomic mass is 79.9. The van der Waals surface area contributed by atoms with Crippen molar-refractivity contribution in [2.24, 2.45) is 0 Å². The maximum Gasteiger partial charge on any atom is 0.328 e. The first-order valence-corrected chi connectivity index (χ1v) is 7.20. The number of aromatic nitrogens is 1. The van der Waals surface area contributed by atoms with Crippen molar-refractivity contribution in [2.45, 2.75) is 25.9 Å². The fourth-order valence-corrected chi connectivity index (χ4v) is 2.68. The number of carbonyl (C=O) groups excluding carboxylic acids is 1. The lowest BCUT2D eigenvalue weighted by molar-refractivity contribution is -0.147. The lowest BCUT2D eigenvalue weighted by atomic mass is 10.2. The topological polar surface area (TPSA) is 71.8 Å². The van der Waals surface area contributed by atoms with E-state index in [0.29, 0.717) is 12.3 Å². The molecule has 20 heavy (non-hydrogen) atoms. The molecule has 1 aliphatic heterocycles. The number of hydrogen-bond donors (Lipinski definition) is 1. The number of rotatable bonds is 3. The molecule has 110 valence electrons. The second-order valence-electron chi connectivity index (χ2n) is 4.97. The van der Waals surface area contributed by atoms with Crippen molar-refractivity contribution < 1.29 is 19.4 Å². The van der Waals surface area contributed by atoms with Crippen molar-refractivity contribution in [1.82, 2.24) is 9.47 Å². The van der Waals surface area contributed by atoms with Gasteiger partial charge in [0.15, 0.2) is 6.04 Å². The van der Waals surface area contributed by atoms with Crippen molar-refractivity contribution in [2.75, 3.05) is 19.8 Å². The van der Waals surface area contributed by atoms with Crippen molar-refractivity contribution in [3.8, 4) is 0 Å².